The molecule has 8 rings (SSSR count). The molecule has 6 heterocycles. The van der Waals surface area contributed by atoms with Crippen LogP contribution in [0.25, 0.3) is 21.3 Å². The van der Waals surface area contributed by atoms with E-state index in [4.69, 9.17) is 20.6 Å². The molecule has 1 atom stereocenters. The van der Waals surface area contributed by atoms with Crippen LogP contribution in [0.2, 0.25) is 0 Å². The number of hydrogen-bond donors (Lipinski definition) is 5. The Kier molecular flexibility index (Phi) is 23.7. The summed E-state index contributed by atoms with van der Waals surface area (Å²) in [6.45, 7) is 20.5. The second-order valence-electron chi connectivity index (χ2n) is 19.7. The van der Waals surface area contributed by atoms with Crippen LogP contribution in [0.1, 0.15) is 117 Å². The predicted molar refractivity (Wildman–Crippen MR) is 316 cm³/mol. The Morgan fingerprint density at radius 3 is 1.59 bits per heavy atom. The van der Waals surface area contributed by atoms with Crippen molar-refractivity contribution in [3.05, 3.63) is 111 Å². The Morgan fingerprint density at radius 1 is 0.610 bits per heavy atom. The molecule has 1 unspecified atom stereocenters. The fourth-order valence-electron chi connectivity index (χ4n) is 7.19. The fourth-order valence-corrected chi connectivity index (χ4v) is 13.6. The lowest BCUT2D eigenvalue weighted by atomic mass is 10.00. The third-order valence-corrected chi connectivity index (χ3v) is 21.2. The molecule has 0 radical (unpaired) electrons. The highest BCUT2D eigenvalue weighted by Crippen LogP contribution is 2.36. The van der Waals surface area contributed by atoms with Gasteiger partial charge in [-0.25, -0.2) is 54.2 Å². The monoisotopic (exact) mass is 1280 g/mol. The smallest absolute Gasteiger partial charge is 0.267 e. The molecule has 82 heavy (non-hydrogen) atoms. The Labute approximate surface area is 493 Å². The van der Waals surface area contributed by atoms with E-state index in [9.17, 15) is 48.1 Å². The first-order valence-electron chi connectivity index (χ1n) is 25.1. The molecular weight excluding hydrogens is 1220 g/mol. The first kappa shape index (κ1) is 67.3. The van der Waals surface area contributed by atoms with Crippen molar-refractivity contribution in [3.63, 3.8) is 0 Å². The van der Waals surface area contributed by atoms with Gasteiger partial charge in [0.15, 0.2) is 10.8 Å². The maximum absolute atomic E-state index is 12.1. The van der Waals surface area contributed by atoms with Crippen molar-refractivity contribution in [2.75, 3.05) is 13.1 Å². The number of nitrogens with zero attached hydrogens (tertiary/aromatic N) is 8. The van der Waals surface area contributed by atoms with Crippen LogP contribution in [0.15, 0.2) is 90.2 Å². The summed E-state index contributed by atoms with van der Waals surface area (Å²) >= 11 is 3.88. The number of likely N-dealkylation sites (N-methyl/N-ethyl adjacent to an activating group) is 1. The Morgan fingerprint density at radius 2 is 1.12 bits per heavy atom. The molecule has 5 aromatic heterocycles. The van der Waals surface area contributed by atoms with Gasteiger partial charge in [-0.1, -0.05) is 137 Å². The highest BCUT2D eigenvalue weighted by atomic mass is 32.3. The van der Waals surface area contributed by atoms with Gasteiger partial charge < -0.3 is 5.32 Å². The highest BCUT2D eigenvalue weighted by Gasteiger charge is 2.30. The molecule has 1 aliphatic heterocycles. The standard InChI is InChI=1S/2C13H15N3O3S2.C12H14N4O3S2.C12H21N3O2S2/c1-8(2)9-3-5-10(6-4-9)11(17)7-12-15-16-13(20-12)21(14,18)19;1-8(2)11(17)7-9-3-5-10(6-4-9)12-15-16-13(20-12)21(14,18)19;1-7(2)10(17)5-8-3-4-9(14-6-8)11-15-16-12(20-11)21(13,18)19;1-4-14-10-6-15(8(2)3)7-11-9(10)5-12(18-11)19(13,16)17/h2*3-6,8H,7H2,1-2H3,(H2,14,18,19);3-4,6-7H,5H2,1-2H3,(H2,13,18,19);5,8,10,14H,4,6-7H2,1-3H3,(H2,13,16,17). The summed E-state index contributed by atoms with van der Waals surface area (Å²) in [4.78, 5) is 43.1. The molecule has 7 aromatic rings. The minimum atomic E-state index is -3.86. The summed E-state index contributed by atoms with van der Waals surface area (Å²) in [5.74, 6) is 0.555. The predicted octanol–water partition coefficient (Wildman–Crippen LogP) is 5.64. The van der Waals surface area contributed by atoms with Gasteiger partial charge in [-0.2, -0.15) is 0 Å². The maximum atomic E-state index is 12.1. The number of carbonyl (C=O) groups excluding carboxylic acids is 3. The van der Waals surface area contributed by atoms with Gasteiger partial charge in [-0.3, -0.25) is 24.3 Å². The van der Waals surface area contributed by atoms with Crippen LogP contribution < -0.4 is 25.9 Å². The number of aromatic nitrogens is 7. The first-order valence-corrected chi connectivity index (χ1v) is 34.5. The lowest BCUT2D eigenvalue weighted by Crippen LogP contribution is -2.42. The van der Waals surface area contributed by atoms with Gasteiger partial charge in [-0.05, 0) is 60.7 Å². The van der Waals surface area contributed by atoms with E-state index in [1.807, 2.05) is 52.0 Å². The zero-order valence-corrected chi connectivity index (χ0v) is 52.7. The number of fused-ring (bicyclic) bond motifs is 1. The number of hydrogen-bond acceptors (Lipinski definition) is 24. The van der Waals surface area contributed by atoms with Crippen LogP contribution >= 0.6 is 45.3 Å². The Hall–Kier alpha value is -5.46. The SMILES string of the molecule is CC(C)C(=O)Cc1ccc(-c2nnc(S(N)(=O)=O)s2)cc1.CC(C)C(=O)Cc1ccc(-c2nnc(S(N)(=O)=O)s2)nc1.CC(C)c1ccc(C(=O)Cc2nnc(S(N)(=O)=O)s2)cc1.CCNC1CN(C(C)C)Cc2sc(S(N)(=O)=O)cc21. The number of nitrogens with one attached hydrogen (secondary N) is 1. The lowest BCUT2D eigenvalue weighted by molar-refractivity contribution is -0.122. The minimum absolute atomic E-state index is 0.00478. The summed E-state index contributed by atoms with van der Waals surface area (Å²) in [5.41, 5.74) is 5.74. The molecular formula is C50H65N13O11S8. The third-order valence-electron chi connectivity index (χ3n) is 11.9. The number of Topliss-reactive ketones (excluding diaryl/α,β-unsaturated/α-hetero) is 3. The van der Waals surface area contributed by atoms with Crippen LogP contribution in [0.3, 0.4) is 0 Å². The van der Waals surface area contributed by atoms with E-state index in [2.05, 4.69) is 80.4 Å². The van der Waals surface area contributed by atoms with E-state index in [1.54, 1.807) is 48.7 Å². The molecule has 0 saturated carbocycles. The molecule has 24 nitrogen and oxygen atoms in total. The van der Waals surface area contributed by atoms with Crippen LogP contribution in [-0.4, -0.2) is 111 Å². The largest absolute Gasteiger partial charge is 0.309 e. The van der Waals surface area contributed by atoms with Gasteiger partial charge in [0.25, 0.3) is 30.1 Å². The van der Waals surface area contributed by atoms with Gasteiger partial charge in [0.1, 0.15) is 31.5 Å². The van der Waals surface area contributed by atoms with Crippen molar-refractivity contribution in [2.45, 2.75) is 123 Å². The van der Waals surface area contributed by atoms with Crippen molar-refractivity contribution in [1.82, 2.24) is 45.8 Å². The number of thiophene rings is 1. The number of benzene rings is 2. The summed E-state index contributed by atoms with van der Waals surface area (Å²) in [6, 6.07) is 20.4. The van der Waals surface area contributed by atoms with Crippen LogP contribution in [0, 0.1) is 11.8 Å². The second kappa shape index (κ2) is 28.9. The van der Waals surface area contributed by atoms with Crippen molar-refractivity contribution in [3.8, 4) is 21.3 Å². The summed E-state index contributed by atoms with van der Waals surface area (Å²) in [5, 5.41) is 46.5. The van der Waals surface area contributed by atoms with E-state index in [1.165, 1.54) is 11.3 Å². The van der Waals surface area contributed by atoms with E-state index in [0.717, 1.165) is 86.3 Å². The molecule has 444 valence electrons. The summed E-state index contributed by atoms with van der Waals surface area (Å²) in [6.07, 6.45) is 2.29. The molecule has 1 aliphatic rings. The van der Waals surface area contributed by atoms with E-state index in [0.29, 0.717) is 51.1 Å². The first-order chi connectivity index (χ1) is 38.1. The van der Waals surface area contributed by atoms with Crippen LogP contribution in [0.5, 0.6) is 0 Å². The van der Waals surface area contributed by atoms with Gasteiger partial charge in [0, 0.05) is 72.1 Å². The van der Waals surface area contributed by atoms with E-state index in [-0.39, 0.29) is 58.9 Å². The number of carbonyl (C=O) groups is 3. The zero-order valence-electron chi connectivity index (χ0n) is 46.2. The fraction of sp³-hybridized carbons (Fsp3) is 0.400. The lowest BCUT2D eigenvalue weighted by Gasteiger charge is -2.35. The van der Waals surface area contributed by atoms with E-state index >= 15 is 0 Å². The number of nitrogens with two attached hydrogens (primary N) is 4. The normalized spacial score (nSPS) is 13.9. The van der Waals surface area contributed by atoms with Gasteiger partial charge in [0.05, 0.1) is 6.42 Å². The van der Waals surface area contributed by atoms with Crippen molar-refractivity contribution in [2.24, 2.45) is 32.4 Å². The Balaban J connectivity index is 0.000000201. The number of primary sulfonamides is 4. The molecule has 0 bridgehead atoms. The minimum Gasteiger partial charge on any atom is -0.309 e. The summed E-state index contributed by atoms with van der Waals surface area (Å²) in [7, 11) is -15.1. The summed E-state index contributed by atoms with van der Waals surface area (Å²) < 4.78 is 89.3. The number of pyridine rings is 1. The second-order valence-corrected chi connectivity index (χ2v) is 30.8. The number of rotatable bonds is 19. The van der Waals surface area contributed by atoms with Crippen molar-refractivity contribution in [1.29, 1.82) is 0 Å². The average Bonchev–Trinajstić information content (AvgIpc) is 4.43. The van der Waals surface area contributed by atoms with Crippen molar-refractivity contribution < 1.29 is 48.1 Å². The van der Waals surface area contributed by atoms with Crippen molar-refractivity contribution >= 4 is 103 Å². The van der Waals surface area contributed by atoms with E-state index < -0.39 is 40.1 Å². The maximum Gasteiger partial charge on any atom is 0.267 e. The molecule has 2 aromatic carbocycles. The number of sulfonamides is 4. The quantitative estimate of drug-likeness (QED) is 0.0611. The number of ketones is 3. The molecule has 0 spiro atoms. The molecule has 9 N–H and O–H groups in total. The van der Waals surface area contributed by atoms with Crippen LogP contribution in [0.4, 0.5) is 0 Å². The molecule has 0 saturated heterocycles. The highest BCUT2D eigenvalue weighted by molar-refractivity contribution is 7.92. The van der Waals surface area contributed by atoms with Gasteiger partial charge in [-0.15, -0.1) is 41.9 Å². The molecule has 0 fully saturated rings. The zero-order chi connectivity index (χ0) is 61.1. The van der Waals surface area contributed by atoms with Gasteiger partial charge in [0.2, 0.25) is 23.0 Å². The molecule has 0 amide bonds. The third kappa shape index (κ3) is 19.8. The topological polar surface area (TPSA) is 397 Å². The molecule has 0 aliphatic carbocycles. The van der Waals surface area contributed by atoms with Crippen LogP contribution in [-0.2, 0) is 75.5 Å². The van der Waals surface area contributed by atoms with Gasteiger partial charge >= 0.3 is 0 Å². The average molecular weight is 1280 g/mol. The Bertz CT molecular complexity index is 3660. The molecule has 32 heteroatoms.